The average molecular weight is 201 g/mol. The highest BCUT2D eigenvalue weighted by Crippen LogP contribution is 2.19. The number of ether oxygens (including phenoxy) is 1. The van der Waals surface area contributed by atoms with Crippen molar-refractivity contribution in [1.29, 1.82) is 0 Å². The van der Waals surface area contributed by atoms with Gasteiger partial charge < -0.3 is 9.84 Å². The number of rotatable bonds is 6. The number of hydrogen-bond acceptors (Lipinski definition) is 4. The molecule has 1 fully saturated rings. The van der Waals surface area contributed by atoms with Crippen molar-refractivity contribution in [3.63, 3.8) is 0 Å². The van der Waals surface area contributed by atoms with Gasteiger partial charge >= 0.3 is 5.97 Å². The standard InChI is InChI=1S/C10H19NO3/c1-14-10(13)9-5-7-11(9)6-3-2-4-8-12/h9,12H,2-8H2,1H3. The molecule has 1 heterocycles. The van der Waals surface area contributed by atoms with E-state index in [4.69, 9.17) is 9.84 Å². The molecule has 0 spiro atoms. The van der Waals surface area contributed by atoms with Crippen molar-refractivity contribution in [3.8, 4) is 0 Å². The number of aliphatic hydroxyl groups is 1. The third-order valence-corrected chi connectivity index (χ3v) is 2.71. The molecule has 1 aliphatic rings. The van der Waals surface area contributed by atoms with Crippen LogP contribution >= 0.6 is 0 Å². The largest absolute Gasteiger partial charge is 0.468 e. The Balaban J connectivity index is 2.10. The molecule has 4 nitrogen and oxygen atoms in total. The van der Waals surface area contributed by atoms with Gasteiger partial charge in [0.05, 0.1) is 7.11 Å². The van der Waals surface area contributed by atoms with Gasteiger partial charge in [-0.1, -0.05) is 0 Å². The molecule has 82 valence electrons. The van der Waals surface area contributed by atoms with Crippen LogP contribution in [0, 0.1) is 0 Å². The first-order chi connectivity index (χ1) is 6.79. The number of esters is 1. The summed E-state index contributed by atoms with van der Waals surface area (Å²) in [4.78, 5) is 13.3. The van der Waals surface area contributed by atoms with Gasteiger partial charge in [-0.05, 0) is 32.2 Å². The van der Waals surface area contributed by atoms with Gasteiger partial charge in [-0.15, -0.1) is 0 Å². The third kappa shape index (κ3) is 2.96. The molecule has 0 aliphatic carbocycles. The van der Waals surface area contributed by atoms with Crippen LogP contribution in [0.5, 0.6) is 0 Å². The maximum Gasteiger partial charge on any atom is 0.323 e. The van der Waals surface area contributed by atoms with Gasteiger partial charge in [-0.2, -0.15) is 0 Å². The van der Waals surface area contributed by atoms with Gasteiger partial charge in [-0.3, -0.25) is 9.69 Å². The van der Waals surface area contributed by atoms with Crippen molar-refractivity contribution in [3.05, 3.63) is 0 Å². The van der Waals surface area contributed by atoms with Crippen LogP contribution in [0.25, 0.3) is 0 Å². The molecule has 1 rings (SSSR count). The van der Waals surface area contributed by atoms with E-state index in [1.807, 2.05) is 0 Å². The first-order valence-corrected chi connectivity index (χ1v) is 5.22. The Morgan fingerprint density at radius 1 is 1.50 bits per heavy atom. The van der Waals surface area contributed by atoms with Crippen molar-refractivity contribution in [2.24, 2.45) is 0 Å². The number of nitrogens with zero attached hydrogens (tertiary/aromatic N) is 1. The molecule has 0 radical (unpaired) electrons. The fraction of sp³-hybridized carbons (Fsp3) is 0.900. The highest BCUT2D eigenvalue weighted by atomic mass is 16.5. The lowest BCUT2D eigenvalue weighted by molar-refractivity contribution is -0.151. The Kier molecular flexibility index (Phi) is 4.90. The summed E-state index contributed by atoms with van der Waals surface area (Å²) >= 11 is 0. The number of carbonyl (C=O) groups excluding carboxylic acids is 1. The van der Waals surface area contributed by atoms with Crippen LogP contribution in [0.4, 0.5) is 0 Å². The quantitative estimate of drug-likeness (QED) is 0.499. The van der Waals surface area contributed by atoms with E-state index in [1.54, 1.807) is 0 Å². The Morgan fingerprint density at radius 3 is 2.79 bits per heavy atom. The molecule has 1 saturated heterocycles. The first-order valence-electron chi connectivity index (χ1n) is 5.22. The molecular weight excluding hydrogens is 182 g/mol. The Labute approximate surface area is 84.8 Å². The summed E-state index contributed by atoms with van der Waals surface area (Å²) in [7, 11) is 1.44. The van der Waals surface area contributed by atoms with E-state index in [0.717, 1.165) is 38.8 Å². The summed E-state index contributed by atoms with van der Waals surface area (Å²) in [5, 5.41) is 8.59. The van der Waals surface area contributed by atoms with Crippen molar-refractivity contribution in [2.45, 2.75) is 31.7 Å². The van der Waals surface area contributed by atoms with Gasteiger partial charge in [0.2, 0.25) is 0 Å². The topological polar surface area (TPSA) is 49.8 Å². The average Bonchev–Trinajstić information content (AvgIpc) is 2.15. The van der Waals surface area contributed by atoms with Crippen molar-refractivity contribution in [1.82, 2.24) is 4.90 Å². The monoisotopic (exact) mass is 201 g/mol. The minimum absolute atomic E-state index is 0.00544. The van der Waals surface area contributed by atoms with Gasteiger partial charge in [-0.25, -0.2) is 0 Å². The number of aliphatic hydroxyl groups excluding tert-OH is 1. The summed E-state index contributed by atoms with van der Waals surface area (Å²) in [6, 6.07) is -0.00544. The number of unbranched alkanes of at least 4 members (excludes halogenated alkanes) is 2. The minimum Gasteiger partial charge on any atom is -0.468 e. The smallest absolute Gasteiger partial charge is 0.323 e. The van der Waals surface area contributed by atoms with Gasteiger partial charge in [0.1, 0.15) is 6.04 Å². The van der Waals surface area contributed by atoms with Crippen LogP contribution < -0.4 is 0 Å². The van der Waals surface area contributed by atoms with Crippen LogP contribution in [-0.2, 0) is 9.53 Å². The van der Waals surface area contributed by atoms with Crippen LogP contribution in [-0.4, -0.2) is 48.8 Å². The lowest BCUT2D eigenvalue weighted by atomic mass is 10.0. The number of likely N-dealkylation sites (tertiary alicyclic amines) is 1. The molecule has 1 aliphatic heterocycles. The lowest BCUT2D eigenvalue weighted by Gasteiger charge is -2.38. The molecule has 4 heteroatoms. The van der Waals surface area contributed by atoms with Crippen LogP contribution in [0.1, 0.15) is 25.7 Å². The second kappa shape index (κ2) is 5.98. The lowest BCUT2D eigenvalue weighted by Crippen LogP contribution is -2.52. The molecule has 0 bridgehead atoms. The molecule has 1 unspecified atom stereocenters. The normalized spacial score (nSPS) is 21.7. The highest BCUT2D eigenvalue weighted by molar-refractivity contribution is 5.76. The SMILES string of the molecule is COC(=O)C1CCN1CCCCCO. The Morgan fingerprint density at radius 2 is 2.29 bits per heavy atom. The zero-order chi connectivity index (χ0) is 10.4. The van der Waals surface area contributed by atoms with Crippen LogP contribution in [0.2, 0.25) is 0 Å². The van der Waals surface area contributed by atoms with E-state index in [-0.39, 0.29) is 18.6 Å². The molecule has 1 N–H and O–H groups in total. The summed E-state index contributed by atoms with van der Waals surface area (Å²) in [5.41, 5.74) is 0. The second-order valence-corrected chi connectivity index (χ2v) is 3.65. The summed E-state index contributed by atoms with van der Waals surface area (Å²) in [6.45, 7) is 2.21. The van der Waals surface area contributed by atoms with Gasteiger partial charge in [0.15, 0.2) is 0 Å². The fourth-order valence-electron chi connectivity index (χ4n) is 1.71. The number of carbonyl (C=O) groups is 1. The van der Waals surface area contributed by atoms with Crippen molar-refractivity contribution >= 4 is 5.97 Å². The minimum atomic E-state index is -0.113. The van der Waals surface area contributed by atoms with E-state index in [9.17, 15) is 4.79 Å². The zero-order valence-corrected chi connectivity index (χ0v) is 8.74. The molecule has 0 saturated carbocycles. The van der Waals surface area contributed by atoms with E-state index in [2.05, 4.69) is 4.90 Å². The van der Waals surface area contributed by atoms with Crippen molar-refractivity contribution < 1.29 is 14.6 Å². The fourth-order valence-corrected chi connectivity index (χ4v) is 1.71. The number of hydrogen-bond donors (Lipinski definition) is 1. The molecular formula is C10H19NO3. The van der Waals surface area contributed by atoms with Crippen molar-refractivity contribution in [2.75, 3.05) is 26.8 Å². The maximum absolute atomic E-state index is 11.2. The Bertz CT molecular complexity index is 184. The summed E-state index contributed by atoms with van der Waals surface area (Å²) in [6.07, 6.45) is 3.86. The Hall–Kier alpha value is -0.610. The number of methoxy groups -OCH3 is 1. The van der Waals surface area contributed by atoms with Crippen LogP contribution in [0.3, 0.4) is 0 Å². The second-order valence-electron chi connectivity index (χ2n) is 3.65. The molecule has 0 aromatic rings. The van der Waals surface area contributed by atoms with Crippen LogP contribution in [0.15, 0.2) is 0 Å². The zero-order valence-electron chi connectivity index (χ0n) is 8.74. The third-order valence-electron chi connectivity index (χ3n) is 2.71. The molecule has 0 aromatic heterocycles. The summed E-state index contributed by atoms with van der Waals surface area (Å²) < 4.78 is 4.69. The molecule has 1 atom stereocenters. The highest BCUT2D eigenvalue weighted by Gasteiger charge is 2.33. The van der Waals surface area contributed by atoms with E-state index < -0.39 is 0 Å². The molecule has 0 aromatic carbocycles. The predicted molar refractivity (Wildman–Crippen MR) is 52.9 cm³/mol. The molecule has 14 heavy (non-hydrogen) atoms. The van der Waals surface area contributed by atoms with Gasteiger partial charge in [0, 0.05) is 13.2 Å². The van der Waals surface area contributed by atoms with Gasteiger partial charge in [0.25, 0.3) is 0 Å². The predicted octanol–water partition coefficient (Wildman–Crippen LogP) is 0.396. The van der Waals surface area contributed by atoms with E-state index in [1.165, 1.54) is 7.11 Å². The summed E-state index contributed by atoms with van der Waals surface area (Å²) in [5.74, 6) is -0.113. The molecule has 0 amide bonds. The first kappa shape index (κ1) is 11.5. The van der Waals surface area contributed by atoms with E-state index >= 15 is 0 Å². The maximum atomic E-state index is 11.2. The van der Waals surface area contributed by atoms with E-state index in [0.29, 0.717) is 0 Å².